The molecule has 0 amide bonds. The van der Waals surface area contributed by atoms with Crippen molar-refractivity contribution in [2.45, 2.75) is 66.1 Å². The molecule has 3 nitrogen and oxygen atoms in total. The predicted molar refractivity (Wildman–Crippen MR) is 80.3 cm³/mol. The summed E-state index contributed by atoms with van der Waals surface area (Å²) in [6.45, 7) is 16.2. The van der Waals surface area contributed by atoms with Crippen LogP contribution in [0.4, 0.5) is 0 Å². The van der Waals surface area contributed by atoms with Gasteiger partial charge in [-0.2, -0.15) is 0 Å². The third-order valence-electron chi connectivity index (χ3n) is 4.20. The number of ether oxygens (including phenoxy) is 1. The lowest BCUT2D eigenvalue weighted by Gasteiger charge is -2.46. The van der Waals surface area contributed by atoms with Crippen molar-refractivity contribution in [3.63, 3.8) is 0 Å². The van der Waals surface area contributed by atoms with E-state index in [1.165, 1.54) is 12.8 Å². The van der Waals surface area contributed by atoms with Gasteiger partial charge in [-0.05, 0) is 40.5 Å². The maximum Gasteiger partial charge on any atom is 0.0644 e. The van der Waals surface area contributed by atoms with Crippen LogP contribution in [0.2, 0.25) is 0 Å². The predicted octanol–water partition coefficient (Wildman–Crippen LogP) is 2.92. The third-order valence-corrected chi connectivity index (χ3v) is 4.20. The van der Waals surface area contributed by atoms with Crippen molar-refractivity contribution >= 4 is 0 Å². The summed E-state index contributed by atoms with van der Waals surface area (Å²) in [5.74, 6) is 0.448. The SMILES string of the molecule is CC.CC(C)OCC1(CN2CC(C(C)(C)O)C2)CC1. The maximum absolute atomic E-state index is 9.89. The summed E-state index contributed by atoms with van der Waals surface area (Å²) in [7, 11) is 0. The first-order valence-corrected chi connectivity index (χ1v) is 7.87. The molecule has 0 aromatic heterocycles. The Morgan fingerprint density at radius 2 is 1.79 bits per heavy atom. The number of hydrogen-bond donors (Lipinski definition) is 1. The van der Waals surface area contributed by atoms with Gasteiger partial charge in [0.15, 0.2) is 0 Å². The Hall–Kier alpha value is -0.120. The molecular formula is C16H33NO2. The van der Waals surface area contributed by atoms with Gasteiger partial charge in [-0.25, -0.2) is 0 Å². The fourth-order valence-corrected chi connectivity index (χ4v) is 2.49. The van der Waals surface area contributed by atoms with Gasteiger partial charge >= 0.3 is 0 Å². The van der Waals surface area contributed by atoms with Gasteiger partial charge in [0.2, 0.25) is 0 Å². The van der Waals surface area contributed by atoms with Crippen LogP contribution in [0.15, 0.2) is 0 Å². The Kier molecular flexibility index (Phi) is 5.84. The summed E-state index contributed by atoms with van der Waals surface area (Å²) < 4.78 is 5.76. The number of likely N-dealkylation sites (tertiary alicyclic amines) is 1. The lowest BCUT2D eigenvalue weighted by atomic mass is 9.84. The number of rotatable bonds is 6. The first-order valence-electron chi connectivity index (χ1n) is 7.87. The van der Waals surface area contributed by atoms with E-state index in [-0.39, 0.29) is 0 Å². The van der Waals surface area contributed by atoms with Crippen LogP contribution >= 0.6 is 0 Å². The minimum Gasteiger partial charge on any atom is -0.390 e. The zero-order valence-corrected chi connectivity index (χ0v) is 13.7. The van der Waals surface area contributed by atoms with Crippen LogP contribution in [0.5, 0.6) is 0 Å². The fourth-order valence-electron chi connectivity index (χ4n) is 2.49. The van der Waals surface area contributed by atoms with E-state index in [0.29, 0.717) is 17.4 Å². The Balaban J connectivity index is 0.000000861. The lowest BCUT2D eigenvalue weighted by Crippen LogP contribution is -2.57. The number of hydrogen-bond acceptors (Lipinski definition) is 3. The molecular weight excluding hydrogens is 238 g/mol. The highest BCUT2D eigenvalue weighted by Gasteiger charge is 2.47. The minimum absolute atomic E-state index is 0.341. The van der Waals surface area contributed by atoms with Crippen molar-refractivity contribution in [3.8, 4) is 0 Å². The van der Waals surface area contributed by atoms with Crippen LogP contribution in [-0.2, 0) is 4.74 Å². The molecule has 0 bridgehead atoms. The molecule has 19 heavy (non-hydrogen) atoms. The van der Waals surface area contributed by atoms with Gasteiger partial charge in [0.05, 0.1) is 18.3 Å². The van der Waals surface area contributed by atoms with Crippen LogP contribution in [0.3, 0.4) is 0 Å². The Morgan fingerprint density at radius 3 is 2.16 bits per heavy atom. The molecule has 0 aromatic carbocycles. The quantitative estimate of drug-likeness (QED) is 0.806. The summed E-state index contributed by atoms with van der Waals surface area (Å²) in [5.41, 5.74) is -0.0729. The van der Waals surface area contributed by atoms with Crippen molar-refractivity contribution in [3.05, 3.63) is 0 Å². The Bertz CT molecular complexity index is 260. The molecule has 0 aromatic rings. The highest BCUT2D eigenvalue weighted by molar-refractivity contribution is 5.00. The summed E-state index contributed by atoms with van der Waals surface area (Å²) in [4.78, 5) is 2.47. The van der Waals surface area contributed by atoms with E-state index in [4.69, 9.17) is 4.74 Å². The first-order chi connectivity index (χ1) is 8.81. The smallest absolute Gasteiger partial charge is 0.0644 e. The highest BCUT2D eigenvalue weighted by atomic mass is 16.5. The minimum atomic E-state index is -0.512. The molecule has 114 valence electrons. The molecule has 0 spiro atoms. The van der Waals surface area contributed by atoms with Gasteiger partial charge in [0.25, 0.3) is 0 Å². The molecule has 3 heteroatoms. The fraction of sp³-hybridized carbons (Fsp3) is 1.00. The summed E-state index contributed by atoms with van der Waals surface area (Å²) >= 11 is 0. The summed E-state index contributed by atoms with van der Waals surface area (Å²) in [6, 6.07) is 0. The maximum atomic E-state index is 9.89. The molecule has 2 aliphatic rings. The number of nitrogens with zero attached hydrogens (tertiary/aromatic N) is 1. The molecule has 1 saturated heterocycles. The second-order valence-electron chi connectivity index (χ2n) is 6.90. The van der Waals surface area contributed by atoms with Crippen LogP contribution in [0.1, 0.15) is 54.4 Å². The lowest BCUT2D eigenvalue weighted by molar-refractivity contribution is -0.0734. The van der Waals surface area contributed by atoms with E-state index < -0.39 is 5.60 Å². The molecule has 2 fully saturated rings. The Morgan fingerprint density at radius 1 is 1.26 bits per heavy atom. The molecule has 2 rings (SSSR count). The summed E-state index contributed by atoms with van der Waals surface area (Å²) in [5, 5.41) is 9.89. The second-order valence-corrected chi connectivity index (χ2v) is 6.90. The van der Waals surface area contributed by atoms with Gasteiger partial charge in [-0.3, -0.25) is 0 Å². The first kappa shape index (κ1) is 16.9. The van der Waals surface area contributed by atoms with Crippen LogP contribution < -0.4 is 0 Å². The monoisotopic (exact) mass is 271 g/mol. The van der Waals surface area contributed by atoms with E-state index in [1.54, 1.807) is 0 Å². The topological polar surface area (TPSA) is 32.7 Å². The third kappa shape index (κ3) is 5.05. The molecule has 0 unspecified atom stereocenters. The average molecular weight is 271 g/mol. The van der Waals surface area contributed by atoms with Crippen LogP contribution in [0.25, 0.3) is 0 Å². The largest absolute Gasteiger partial charge is 0.390 e. The van der Waals surface area contributed by atoms with E-state index in [0.717, 1.165) is 26.2 Å². The van der Waals surface area contributed by atoms with E-state index in [9.17, 15) is 5.11 Å². The van der Waals surface area contributed by atoms with Gasteiger partial charge in [0, 0.05) is 31.0 Å². The molecule has 0 atom stereocenters. The highest BCUT2D eigenvalue weighted by Crippen LogP contribution is 2.48. The van der Waals surface area contributed by atoms with Crippen LogP contribution in [0, 0.1) is 11.3 Å². The van der Waals surface area contributed by atoms with Crippen molar-refractivity contribution in [1.29, 1.82) is 0 Å². The van der Waals surface area contributed by atoms with Gasteiger partial charge < -0.3 is 14.7 Å². The van der Waals surface area contributed by atoms with Crippen molar-refractivity contribution < 1.29 is 9.84 Å². The zero-order chi connectivity index (χ0) is 14.7. The van der Waals surface area contributed by atoms with Crippen molar-refractivity contribution in [2.24, 2.45) is 11.3 Å². The van der Waals surface area contributed by atoms with Crippen LogP contribution in [-0.4, -0.2) is 48.0 Å². The molecule has 1 aliphatic carbocycles. The molecule has 1 N–H and O–H groups in total. The summed E-state index contributed by atoms with van der Waals surface area (Å²) in [6.07, 6.45) is 2.96. The standard InChI is InChI=1S/C14H27NO2.C2H6/c1-11(2)17-10-14(5-6-14)9-15-7-12(8-15)13(3,4)16;1-2/h11-12,16H,5-10H2,1-4H3;1-2H3. The van der Waals surface area contributed by atoms with Gasteiger partial charge in [0.1, 0.15) is 0 Å². The van der Waals surface area contributed by atoms with E-state index in [1.807, 2.05) is 27.7 Å². The normalized spacial score (nSPS) is 22.7. The molecule has 0 radical (unpaired) electrons. The molecule has 1 saturated carbocycles. The zero-order valence-electron chi connectivity index (χ0n) is 13.7. The van der Waals surface area contributed by atoms with Crippen molar-refractivity contribution in [1.82, 2.24) is 4.90 Å². The Labute approximate surface area is 119 Å². The van der Waals surface area contributed by atoms with Gasteiger partial charge in [-0.15, -0.1) is 0 Å². The van der Waals surface area contributed by atoms with Gasteiger partial charge in [-0.1, -0.05) is 13.8 Å². The molecule has 1 aliphatic heterocycles. The van der Waals surface area contributed by atoms with E-state index in [2.05, 4.69) is 18.7 Å². The number of aliphatic hydroxyl groups is 1. The second kappa shape index (κ2) is 6.55. The average Bonchev–Trinajstić information content (AvgIpc) is 3.02. The molecule has 1 heterocycles. The van der Waals surface area contributed by atoms with E-state index >= 15 is 0 Å². The van der Waals surface area contributed by atoms with Crippen molar-refractivity contribution in [2.75, 3.05) is 26.2 Å².